The standard InChI is InChI=1S/C20H37N2/c1-4-5-6-7-8-9-10-11-12-13-14-17-22-18-15-20(16-19-22)21(2)3/h15-16,18-19H,4-14,17H2,1-3H3/q+1. The Bertz CT molecular complexity index is 356. The van der Waals surface area contributed by atoms with Gasteiger partial charge in [-0.1, -0.05) is 64.7 Å². The summed E-state index contributed by atoms with van der Waals surface area (Å²) >= 11 is 0. The SMILES string of the molecule is CCCCCCCCCCCCC[n+]1ccc(N(C)C)cc1. The van der Waals surface area contributed by atoms with Crippen LogP contribution < -0.4 is 9.47 Å². The molecule has 126 valence electrons. The molecular formula is C20H37N2+. The Kier molecular flexibility index (Phi) is 10.8. The van der Waals surface area contributed by atoms with Gasteiger partial charge in [-0.15, -0.1) is 0 Å². The van der Waals surface area contributed by atoms with Crippen molar-refractivity contribution >= 4 is 5.69 Å². The first-order valence-electron chi connectivity index (χ1n) is 9.40. The topological polar surface area (TPSA) is 7.12 Å². The zero-order valence-electron chi connectivity index (χ0n) is 15.2. The van der Waals surface area contributed by atoms with Crippen molar-refractivity contribution in [1.29, 1.82) is 0 Å². The predicted octanol–water partition coefficient (Wildman–Crippen LogP) is 5.35. The molecule has 0 aliphatic heterocycles. The number of rotatable bonds is 13. The van der Waals surface area contributed by atoms with Gasteiger partial charge in [0.15, 0.2) is 12.4 Å². The zero-order valence-corrected chi connectivity index (χ0v) is 15.2. The summed E-state index contributed by atoms with van der Waals surface area (Å²) in [6, 6.07) is 4.39. The van der Waals surface area contributed by atoms with Crippen LogP contribution in [-0.4, -0.2) is 14.1 Å². The summed E-state index contributed by atoms with van der Waals surface area (Å²) in [5.41, 5.74) is 1.27. The Morgan fingerprint density at radius 3 is 1.64 bits per heavy atom. The Morgan fingerprint density at radius 1 is 0.727 bits per heavy atom. The average molecular weight is 306 g/mol. The van der Waals surface area contributed by atoms with E-state index in [1.54, 1.807) is 0 Å². The van der Waals surface area contributed by atoms with Crippen LogP contribution in [0.15, 0.2) is 24.5 Å². The van der Waals surface area contributed by atoms with Crippen LogP contribution in [0.1, 0.15) is 77.6 Å². The fourth-order valence-corrected chi connectivity index (χ4v) is 2.86. The normalized spacial score (nSPS) is 10.9. The number of aromatic nitrogens is 1. The molecule has 0 unspecified atom stereocenters. The van der Waals surface area contributed by atoms with E-state index in [2.05, 4.69) is 55.0 Å². The first-order chi connectivity index (χ1) is 10.7. The number of unbranched alkanes of at least 4 members (excludes halogenated alkanes) is 10. The summed E-state index contributed by atoms with van der Waals surface area (Å²) in [5, 5.41) is 0. The van der Waals surface area contributed by atoms with Crippen molar-refractivity contribution in [3.63, 3.8) is 0 Å². The molecule has 0 aliphatic carbocycles. The molecule has 0 fully saturated rings. The molecule has 0 spiro atoms. The van der Waals surface area contributed by atoms with E-state index in [9.17, 15) is 0 Å². The third kappa shape index (κ3) is 9.07. The van der Waals surface area contributed by atoms with Gasteiger partial charge >= 0.3 is 0 Å². The fourth-order valence-electron chi connectivity index (χ4n) is 2.86. The largest absolute Gasteiger partial charge is 0.377 e. The maximum atomic E-state index is 2.31. The van der Waals surface area contributed by atoms with Crippen molar-refractivity contribution in [2.75, 3.05) is 19.0 Å². The maximum absolute atomic E-state index is 2.31. The number of nitrogens with zero attached hydrogens (tertiary/aromatic N) is 2. The molecular weight excluding hydrogens is 268 g/mol. The lowest BCUT2D eigenvalue weighted by Crippen LogP contribution is -2.32. The van der Waals surface area contributed by atoms with Gasteiger partial charge < -0.3 is 4.90 Å². The smallest absolute Gasteiger partial charge is 0.170 e. The summed E-state index contributed by atoms with van der Waals surface area (Å²) in [7, 11) is 4.17. The lowest BCUT2D eigenvalue weighted by Gasteiger charge is -2.10. The molecule has 2 heteroatoms. The van der Waals surface area contributed by atoms with Gasteiger partial charge in [-0.05, 0) is 6.42 Å². The monoisotopic (exact) mass is 305 g/mol. The summed E-state index contributed by atoms with van der Waals surface area (Å²) in [6.07, 6.45) is 19.9. The number of pyridine rings is 1. The summed E-state index contributed by atoms with van der Waals surface area (Å²) in [5.74, 6) is 0. The third-order valence-electron chi connectivity index (χ3n) is 4.41. The highest BCUT2D eigenvalue weighted by Crippen LogP contribution is 2.11. The summed E-state index contributed by atoms with van der Waals surface area (Å²) in [6.45, 7) is 3.44. The molecule has 0 radical (unpaired) electrons. The van der Waals surface area contributed by atoms with Crippen LogP contribution in [0.5, 0.6) is 0 Å². The van der Waals surface area contributed by atoms with E-state index in [1.807, 2.05) is 0 Å². The minimum absolute atomic E-state index is 1.16. The van der Waals surface area contributed by atoms with E-state index < -0.39 is 0 Å². The molecule has 0 saturated carbocycles. The Balaban J connectivity index is 1.93. The van der Waals surface area contributed by atoms with Gasteiger partial charge in [-0.25, -0.2) is 4.57 Å². The minimum atomic E-state index is 1.16. The number of anilines is 1. The summed E-state index contributed by atoms with van der Waals surface area (Å²) in [4.78, 5) is 2.15. The molecule has 0 aromatic carbocycles. The van der Waals surface area contributed by atoms with E-state index in [0.717, 1.165) is 6.54 Å². The lowest BCUT2D eigenvalue weighted by molar-refractivity contribution is -0.697. The van der Waals surface area contributed by atoms with Crippen LogP contribution in [0.3, 0.4) is 0 Å². The molecule has 1 aromatic rings. The molecule has 0 aliphatic rings. The molecule has 2 nitrogen and oxygen atoms in total. The second-order valence-electron chi connectivity index (χ2n) is 6.72. The van der Waals surface area contributed by atoms with Crippen molar-refractivity contribution in [1.82, 2.24) is 0 Å². The first kappa shape index (κ1) is 19.0. The molecule has 0 bridgehead atoms. The quantitative estimate of drug-likeness (QED) is 0.352. The third-order valence-corrected chi connectivity index (χ3v) is 4.41. The van der Waals surface area contributed by atoms with Gasteiger partial charge in [0.05, 0.1) is 0 Å². The van der Waals surface area contributed by atoms with Gasteiger partial charge in [-0.2, -0.15) is 0 Å². The number of hydrogen-bond donors (Lipinski definition) is 0. The van der Waals surface area contributed by atoms with E-state index >= 15 is 0 Å². The molecule has 22 heavy (non-hydrogen) atoms. The molecule has 0 N–H and O–H groups in total. The van der Waals surface area contributed by atoms with Crippen molar-refractivity contribution < 1.29 is 4.57 Å². The highest BCUT2D eigenvalue weighted by Gasteiger charge is 2.02. The summed E-state index contributed by atoms with van der Waals surface area (Å²) < 4.78 is 2.31. The second kappa shape index (κ2) is 12.5. The van der Waals surface area contributed by atoms with Crippen LogP contribution in [-0.2, 0) is 6.54 Å². The maximum Gasteiger partial charge on any atom is 0.170 e. The van der Waals surface area contributed by atoms with Gasteiger partial charge in [0.1, 0.15) is 6.54 Å². The van der Waals surface area contributed by atoms with Crippen LogP contribution in [0, 0.1) is 0 Å². The highest BCUT2D eigenvalue weighted by molar-refractivity contribution is 5.41. The van der Waals surface area contributed by atoms with Crippen molar-refractivity contribution in [3.8, 4) is 0 Å². The van der Waals surface area contributed by atoms with Gasteiger partial charge in [-0.3, -0.25) is 0 Å². The number of aryl methyl sites for hydroxylation is 1. The molecule has 1 aromatic heterocycles. The average Bonchev–Trinajstić information content (AvgIpc) is 2.53. The molecule has 0 saturated heterocycles. The van der Waals surface area contributed by atoms with E-state index in [4.69, 9.17) is 0 Å². The van der Waals surface area contributed by atoms with Crippen molar-refractivity contribution in [2.45, 2.75) is 84.1 Å². The molecule has 0 atom stereocenters. The van der Waals surface area contributed by atoms with Crippen LogP contribution in [0.2, 0.25) is 0 Å². The van der Waals surface area contributed by atoms with Gasteiger partial charge in [0.25, 0.3) is 0 Å². The van der Waals surface area contributed by atoms with E-state index in [0.29, 0.717) is 0 Å². The predicted molar refractivity (Wildman–Crippen MR) is 97.4 cm³/mol. The Hall–Kier alpha value is -1.05. The van der Waals surface area contributed by atoms with E-state index in [1.165, 1.54) is 76.3 Å². The van der Waals surface area contributed by atoms with Crippen LogP contribution in [0.25, 0.3) is 0 Å². The fraction of sp³-hybridized carbons (Fsp3) is 0.750. The van der Waals surface area contributed by atoms with Crippen LogP contribution in [0.4, 0.5) is 5.69 Å². The lowest BCUT2D eigenvalue weighted by atomic mass is 10.1. The highest BCUT2D eigenvalue weighted by atomic mass is 15.1. The van der Waals surface area contributed by atoms with E-state index in [-0.39, 0.29) is 0 Å². The Morgan fingerprint density at radius 2 is 1.18 bits per heavy atom. The minimum Gasteiger partial charge on any atom is -0.377 e. The van der Waals surface area contributed by atoms with Gasteiger partial charge in [0, 0.05) is 38.3 Å². The van der Waals surface area contributed by atoms with Crippen LogP contribution >= 0.6 is 0 Å². The molecule has 0 amide bonds. The second-order valence-corrected chi connectivity index (χ2v) is 6.72. The molecule has 1 heterocycles. The Labute approximate surface area is 138 Å². The van der Waals surface area contributed by atoms with Gasteiger partial charge in [0.2, 0.25) is 0 Å². The first-order valence-corrected chi connectivity index (χ1v) is 9.40. The zero-order chi connectivity index (χ0) is 16.0. The molecule has 1 rings (SSSR count). The van der Waals surface area contributed by atoms with Crippen molar-refractivity contribution in [2.24, 2.45) is 0 Å². The van der Waals surface area contributed by atoms with Crippen molar-refractivity contribution in [3.05, 3.63) is 24.5 Å². The number of hydrogen-bond acceptors (Lipinski definition) is 1.